The van der Waals surface area contributed by atoms with Gasteiger partial charge in [-0.1, -0.05) is 0 Å². The Kier molecular flexibility index (Phi) is 3.66. The second kappa shape index (κ2) is 4.36. The van der Waals surface area contributed by atoms with Crippen molar-refractivity contribution in [1.29, 1.82) is 0 Å². The second-order valence-electron chi connectivity index (χ2n) is 2.98. The number of hydrogen-bond donors (Lipinski definition) is 0. The topological polar surface area (TPSA) is 61.8 Å². The summed E-state index contributed by atoms with van der Waals surface area (Å²) in [5, 5.41) is 0. The first-order chi connectivity index (χ1) is 6.03. The molecule has 5 nitrogen and oxygen atoms in total. The lowest BCUT2D eigenvalue weighted by Gasteiger charge is -2.29. The van der Waals surface area contributed by atoms with Gasteiger partial charge in [-0.2, -0.15) is 8.42 Å². The van der Waals surface area contributed by atoms with E-state index >= 15 is 0 Å². The molecule has 1 aliphatic heterocycles. The Bertz CT molecular complexity index is 248. The lowest BCUT2D eigenvalue weighted by molar-refractivity contribution is -0.0908. The van der Waals surface area contributed by atoms with Crippen molar-refractivity contribution < 1.29 is 22.1 Å². The summed E-state index contributed by atoms with van der Waals surface area (Å²) in [6.07, 6.45) is 0.887. The van der Waals surface area contributed by atoms with Crippen molar-refractivity contribution >= 4 is 10.1 Å². The van der Waals surface area contributed by atoms with Crippen molar-refractivity contribution in [3.05, 3.63) is 0 Å². The van der Waals surface area contributed by atoms with Crippen LogP contribution in [0, 0.1) is 0 Å². The van der Waals surface area contributed by atoms with E-state index in [1.54, 1.807) is 0 Å². The van der Waals surface area contributed by atoms with E-state index in [1.165, 1.54) is 7.11 Å². The van der Waals surface area contributed by atoms with Gasteiger partial charge in [0.25, 0.3) is 10.1 Å². The van der Waals surface area contributed by atoms with Crippen LogP contribution in [-0.2, 0) is 23.8 Å². The normalized spacial score (nSPS) is 30.3. The molecule has 0 aromatic rings. The van der Waals surface area contributed by atoms with Gasteiger partial charge in [-0.3, -0.25) is 4.18 Å². The highest BCUT2D eigenvalue weighted by molar-refractivity contribution is 7.86. The zero-order valence-electron chi connectivity index (χ0n) is 7.73. The van der Waals surface area contributed by atoms with Gasteiger partial charge in [0.1, 0.15) is 12.2 Å². The molecule has 6 heteroatoms. The maximum Gasteiger partial charge on any atom is 0.264 e. The molecule has 0 aromatic heterocycles. The first kappa shape index (κ1) is 10.9. The van der Waals surface area contributed by atoms with Crippen molar-refractivity contribution in [2.75, 3.05) is 26.6 Å². The molecule has 0 radical (unpaired) electrons. The van der Waals surface area contributed by atoms with E-state index in [0.29, 0.717) is 19.6 Å². The van der Waals surface area contributed by atoms with Gasteiger partial charge in [0.05, 0.1) is 12.9 Å². The Balaban J connectivity index is 2.55. The van der Waals surface area contributed by atoms with Crippen LogP contribution in [0.25, 0.3) is 0 Å². The molecule has 1 heterocycles. The van der Waals surface area contributed by atoms with E-state index in [-0.39, 0.29) is 6.10 Å². The first-order valence-corrected chi connectivity index (χ1v) is 5.83. The fraction of sp³-hybridized carbons (Fsp3) is 1.00. The molecular weight excluding hydrogens is 196 g/mol. The van der Waals surface area contributed by atoms with E-state index in [2.05, 4.69) is 0 Å². The average molecular weight is 210 g/mol. The average Bonchev–Trinajstić information content (AvgIpc) is 2.02. The lowest BCUT2D eigenvalue weighted by Crippen LogP contribution is -2.41. The molecule has 1 aliphatic rings. The van der Waals surface area contributed by atoms with Gasteiger partial charge in [-0.05, 0) is 0 Å². The van der Waals surface area contributed by atoms with Gasteiger partial charge in [0.15, 0.2) is 0 Å². The van der Waals surface area contributed by atoms with Crippen molar-refractivity contribution in [1.82, 2.24) is 0 Å². The molecule has 0 aliphatic carbocycles. The second-order valence-corrected chi connectivity index (χ2v) is 4.58. The molecular formula is C7H14O5S. The highest BCUT2D eigenvalue weighted by Gasteiger charge is 2.29. The molecule has 0 aromatic carbocycles. The van der Waals surface area contributed by atoms with E-state index < -0.39 is 16.2 Å². The predicted molar refractivity (Wildman–Crippen MR) is 45.9 cm³/mol. The Morgan fingerprint density at radius 3 is 2.62 bits per heavy atom. The lowest BCUT2D eigenvalue weighted by atomic mass is 10.1. The van der Waals surface area contributed by atoms with Crippen LogP contribution in [-0.4, -0.2) is 47.2 Å². The van der Waals surface area contributed by atoms with Crippen LogP contribution in [0.5, 0.6) is 0 Å². The Morgan fingerprint density at radius 2 is 2.08 bits per heavy atom. The Labute approximate surface area is 78.1 Å². The number of ether oxygens (including phenoxy) is 2. The summed E-state index contributed by atoms with van der Waals surface area (Å²) >= 11 is 0. The van der Waals surface area contributed by atoms with Crippen LogP contribution in [0.4, 0.5) is 0 Å². The van der Waals surface area contributed by atoms with Gasteiger partial charge in [0, 0.05) is 20.1 Å². The zero-order chi connectivity index (χ0) is 9.90. The summed E-state index contributed by atoms with van der Waals surface area (Å²) in [5.41, 5.74) is 0. The third-order valence-electron chi connectivity index (χ3n) is 1.84. The van der Waals surface area contributed by atoms with Crippen LogP contribution < -0.4 is 0 Å². The minimum atomic E-state index is -3.40. The fourth-order valence-corrected chi connectivity index (χ4v) is 1.92. The Morgan fingerprint density at radius 1 is 1.38 bits per heavy atom. The van der Waals surface area contributed by atoms with Crippen LogP contribution in [0.1, 0.15) is 6.42 Å². The molecule has 0 bridgehead atoms. The number of hydrogen-bond acceptors (Lipinski definition) is 5. The molecule has 13 heavy (non-hydrogen) atoms. The molecule has 1 fully saturated rings. The van der Waals surface area contributed by atoms with Gasteiger partial charge in [-0.25, -0.2) is 0 Å². The maximum atomic E-state index is 10.8. The summed E-state index contributed by atoms with van der Waals surface area (Å²) in [7, 11) is -1.89. The van der Waals surface area contributed by atoms with Crippen molar-refractivity contribution in [2.45, 2.75) is 18.6 Å². The summed E-state index contributed by atoms with van der Waals surface area (Å²) in [5.74, 6) is 0. The molecule has 2 unspecified atom stereocenters. The molecule has 0 spiro atoms. The highest BCUT2D eigenvalue weighted by Crippen LogP contribution is 2.15. The summed E-state index contributed by atoms with van der Waals surface area (Å²) in [6, 6.07) is 0. The van der Waals surface area contributed by atoms with E-state index in [0.717, 1.165) is 6.26 Å². The Hall–Kier alpha value is -0.170. The van der Waals surface area contributed by atoms with Gasteiger partial charge < -0.3 is 9.47 Å². The van der Waals surface area contributed by atoms with Crippen molar-refractivity contribution in [3.8, 4) is 0 Å². The molecule has 1 saturated heterocycles. The predicted octanol–water partition coefficient (Wildman–Crippen LogP) is -0.233. The summed E-state index contributed by atoms with van der Waals surface area (Å²) in [6.45, 7) is 0.900. The molecule has 0 N–H and O–H groups in total. The van der Waals surface area contributed by atoms with Gasteiger partial charge >= 0.3 is 0 Å². The van der Waals surface area contributed by atoms with Crippen LogP contribution in [0.3, 0.4) is 0 Å². The number of rotatable bonds is 3. The largest absolute Gasteiger partial charge is 0.379 e. The number of methoxy groups -OCH3 is 1. The molecule has 2 atom stereocenters. The SMILES string of the molecule is COC1COCCC1OS(C)(=O)=O. The first-order valence-electron chi connectivity index (χ1n) is 4.02. The maximum absolute atomic E-state index is 10.8. The minimum Gasteiger partial charge on any atom is -0.379 e. The zero-order valence-corrected chi connectivity index (χ0v) is 8.54. The highest BCUT2D eigenvalue weighted by atomic mass is 32.2. The third-order valence-corrected chi connectivity index (χ3v) is 2.44. The molecule has 0 amide bonds. The van der Waals surface area contributed by atoms with Crippen LogP contribution in [0.2, 0.25) is 0 Å². The monoisotopic (exact) mass is 210 g/mol. The van der Waals surface area contributed by atoms with Crippen LogP contribution in [0.15, 0.2) is 0 Å². The molecule has 78 valence electrons. The van der Waals surface area contributed by atoms with E-state index in [4.69, 9.17) is 13.7 Å². The summed E-state index contributed by atoms with van der Waals surface area (Å²) < 4.78 is 36.7. The van der Waals surface area contributed by atoms with Gasteiger partial charge in [-0.15, -0.1) is 0 Å². The van der Waals surface area contributed by atoms with E-state index in [9.17, 15) is 8.42 Å². The fourth-order valence-electron chi connectivity index (χ4n) is 1.25. The van der Waals surface area contributed by atoms with E-state index in [1.807, 2.05) is 0 Å². The molecule has 0 saturated carbocycles. The molecule has 1 rings (SSSR count). The standard InChI is InChI=1S/C7H14O5S/c1-10-7-5-11-4-3-6(7)12-13(2,8)9/h6-7H,3-5H2,1-2H3. The smallest absolute Gasteiger partial charge is 0.264 e. The van der Waals surface area contributed by atoms with Crippen molar-refractivity contribution in [3.63, 3.8) is 0 Å². The van der Waals surface area contributed by atoms with Gasteiger partial charge in [0.2, 0.25) is 0 Å². The third kappa shape index (κ3) is 3.60. The quantitative estimate of drug-likeness (QED) is 0.602. The van der Waals surface area contributed by atoms with Crippen molar-refractivity contribution in [2.24, 2.45) is 0 Å². The minimum absolute atomic E-state index is 0.288. The summed E-state index contributed by atoms with van der Waals surface area (Å²) in [4.78, 5) is 0. The van der Waals surface area contributed by atoms with Crippen LogP contribution >= 0.6 is 0 Å².